The molecule has 7 heteroatoms. The van der Waals surface area contributed by atoms with Crippen LogP contribution >= 0.6 is 23.4 Å². The van der Waals surface area contributed by atoms with E-state index in [1.54, 1.807) is 23.8 Å². The maximum atomic E-state index is 13.9. The topological polar surface area (TPSA) is 58.6 Å². The predicted molar refractivity (Wildman–Crippen MR) is 160 cm³/mol. The zero-order valence-electron chi connectivity index (χ0n) is 22.5. The van der Waals surface area contributed by atoms with E-state index in [1.165, 1.54) is 6.42 Å². The molecule has 1 N–H and O–H groups in total. The first kappa shape index (κ1) is 29.0. The van der Waals surface area contributed by atoms with Crippen LogP contribution in [-0.2, 0) is 28.3 Å². The van der Waals surface area contributed by atoms with E-state index in [0.29, 0.717) is 23.7 Å². The standard InChI is InChI=1S/C32H37ClN2O3S/c1-38-29-14-8-11-26(19-29)21-35(31(36)23-39-22-25-15-17-27(33)18-16-25)30(20-24-9-4-2-5-10-24)32(37)34-28-12-6-3-7-13-28/h2,4-5,8-11,14-19,28,30H,3,6-7,12-13,20-23H2,1H3,(H,34,37)/t30-/m0/s1. The molecule has 0 saturated heterocycles. The number of benzene rings is 3. The van der Waals surface area contributed by atoms with Gasteiger partial charge in [-0.2, -0.15) is 0 Å². The lowest BCUT2D eigenvalue weighted by molar-refractivity contribution is -0.139. The molecule has 0 spiro atoms. The van der Waals surface area contributed by atoms with Gasteiger partial charge in [-0.25, -0.2) is 0 Å². The van der Waals surface area contributed by atoms with Crippen molar-refractivity contribution in [1.82, 2.24) is 10.2 Å². The summed E-state index contributed by atoms with van der Waals surface area (Å²) >= 11 is 7.57. The largest absolute Gasteiger partial charge is 0.497 e. The van der Waals surface area contributed by atoms with Crippen LogP contribution in [0.4, 0.5) is 0 Å². The lowest BCUT2D eigenvalue weighted by Gasteiger charge is -2.33. The number of methoxy groups -OCH3 is 1. The summed E-state index contributed by atoms with van der Waals surface area (Å²) in [5, 5.41) is 3.98. The summed E-state index contributed by atoms with van der Waals surface area (Å²) in [6, 6.07) is 24.9. The van der Waals surface area contributed by atoms with Gasteiger partial charge in [-0.05, 0) is 53.8 Å². The van der Waals surface area contributed by atoms with E-state index >= 15 is 0 Å². The second kappa shape index (κ2) is 15.0. The molecule has 3 aromatic carbocycles. The number of halogens is 1. The normalized spacial score (nSPS) is 14.4. The average Bonchev–Trinajstić information content (AvgIpc) is 2.97. The van der Waals surface area contributed by atoms with Gasteiger partial charge >= 0.3 is 0 Å². The molecule has 1 saturated carbocycles. The zero-order chi connectivity index (χ0) is 27.5. The Balaban J connectivity index is 1.57. The first-order valence-electron chi connectivity index (χ1n) is 13.6. The first-order chi connectivity index (χ1) is 19.0. The number of carbonyl (C=O) groups is 2. The monoisotopic (exact) mass is 564 g/mol. The number of carbonyl (C=O) groups excluding carboxylic acids is 2. The summed E-state index contributed by atoms with van der Waals surface area (Å²) in [7, 11) is 1.63. The number of rotatable bonds is 12. The fraction of sp³-hybridized carbons (Fsp3) is 0.375. The molecule has 0 unspecified atom stereocenters. The van der Waals surface area contributed by atoms with Crippen LogP contribution in [-0.4, -0.2) is 41.7 Å². The van der Waals surface area contributed by atoms with E-state index in [9.17, 15) is 9.59 Å². The second-order valence-electron chi connectivity index (χ2n) is 10.0. The zero-order valence-corrected chi connectivity index (χ0v) is 24.1. The van der Waals surface area contributed by atoms with E-state index in [4.69, 9.17) is 16.3 Å². The maximum absolute atomic E-state index is 13.9. The minimum Gasteiger partial charge on any atom is -0.497 e. The molecule has 1 atom stereocenters. The average molecular weight is 565 g/mol. The van der Waals surface area contributed by atoms with Crippen LogP contribution in [0, 0.1) is 0 Å². The molecule has 0 aromatic heterocycles. The molecule has 4 rings (SSSR count). The van der Waals surface area contributed by atoms with E-state index in [1.807, 2.05) is 78.9 Å². The van der Waals surface area contributed by atoms with E-state index in [-0.39, 0.29) is 23.6 Å². The van der Waals surface area contributed by atoms with E-state index < -0.39 is 6.04 Å². The smallest absolute Gasteiger partial charge is 0.243 e. The van der Waals surface area contributed by atoms with Gasteiger partial charge in [0, 0.05) is 29.8 Å². The van der Waals surface area contributed by atoms with Crippen LogP contribution < -0.4 is 10.1 Å². The Hall–Kier alpha value is -2.96. The lowest BCUT2D eigenvalue weighted by atomic mass is 9.94. The van der Waals surface area contributed by atoms with Crippen LogP contribution in [0.2, 0.25) is 5.02 Å². The Morgan fingerprint density at radius 3 is 2.38 bits per heavy atom. The third-order valence-corrected chi connectivity index (χ3v) is 8.36. The number of thioether (sulfide) groups is 1. The summed E-state index contributed by atoms with van der Waals surface area (Å²) in [6.45, 7) is 0.327. The Bertz CT molecular complexity index is 1200. The molecule has 39 heavy (non-hydrogen) atoms. The SMILES string of the molecule is COc1cccc(CN(C(=O)CSCc2ccc(Cl)cc2)[C@@H](Cc2ccccc2)C(=O)NC2CCCCC2)c1. The highest BCUT2D eigenvalue weighted by Gasteiger charge is 2.32. The van der Waals surface area contributed by atoms with E-state index in [0.717, 1.165) is 48.1 Å². The summed E-state index contributed by atoms with van der Waals surface area (Å²) in [6.07, 6.45) is 5.90. The first-order valence-corrected chi connectivity index (χ1v) is 15.1. The highest BCUT2D eigenvalue weighted by atomic mass is 35.5. The van der Waals surface area contributed by atoms with Gasteiger partial charge < -0.3 is 15.0 Å². The van der Waals surface area contributed by atoms with Gasteiger partial charge in [0.2, 0.25) is 11.8 Å². The molecule has 0 heterocycles. The molecule has 2 amide bonds. The van der Waals surface area contributed by atoms with Crippen molar-refractivity contribution in [1.29, 1.82) is 0 Å². The number of amides is 2. The van der Waals surface area contributed by atoms with Crippen LogP contribution in [0.5, 0.6) is 5.75 Å². The Labute approximate surface area is 241 Å². The summed E-state index contributed by atoms with van der Waals surface area (Å²) in [5.41, 5.74) is 3.06. The second-order valence-corrected chi connectivity index (χ2v) is 11.5. The van der Waals surface area contributed by atoms with Crippen molar-refractivity contribution in [2.24, 2.45) is 0 Å². The van der Waals surface area contributed by atoms with Crippen molar-refractivity contribution >= 4 is 35.2 Å². The van der Waals surface area contributed by atoms with Crippen LogP contribution in [0.1, 0.15) is 48.8 Å². The molecule has 1 aliphatic rings. The number of nitrogens with zero attached hydrogens (tertiary/aromatic N) is 1. The molecule has 3 aromatic rings. The van der Waals surface area contributed by atoms with Gasteiger partial charge in [0.25, 0.3) is 0 Å². The molecule has 0 bridgehead atoms. The number of hydrogen-bond donors (Lipinski definition) is 1. The quantitative estimate of drug-likeness (QED) is 0.267. The van der Waals surface area contributed by atoms with Crippen LogP contribution in [0.15, 0.2) is 78.9 Å². The van der Waals surface area contributed by atoms with Gasteiger partial charge in [-0.3, -0.25) is 9.59 Å². The van der Waals surface area contributed by atoms with Crippen molar-refractivity contribution < 1.29 is 14.3 Å². The highest BCUT2D eigenvalue weighted by Crippen LogP contribution is 2.23. The molecule has 1 fully saturated rings. The van der Waals surface area contributed by atoms with Crippen molar-refractivity contribution in [2.45, 2.75) is 62.9 Å². The van der Waals surface area contributed by atoms with Crippen LogP contribution in [0.25, 0.3) is 0 Å². The fourth-order valence-electron chi connectivity index (χ4n) is 4.99. The van der Waals surface area contributed by atoms with Crippen molar-refractivity contribution in [3.63, 3.8) is 0 Å². The predicted octanol–water partition coefficient (Wildman–Crippen LogP) is 6.67. The van der Waals surface area contributed by atoms with Gasteiger partial charge in [-0.15, -0.1) is 11.8 Å². The molecular formula is C32H37ClN2O3S. The highest BCUT2D eigenvalue weighted by molar-refractivity contribution is 7.99. The summed E-state index contributed by atoms with van der Waals surface area (Å²) < 4.78 is 5.43. The Morgan fingerprint density at radius 1 is 0.949 bits per heavy atom. The summed E-state index contributed by atoms with van der Waals surface area (Å²) in [5.74, 6) is 1.55. The van der Waals surface area contributed by atoms with E-state index in [2.05, 4.69) is 5.32 Å². The van der Waals surface area contributed by atoms with Gasteiger partial charge in [-0.1, -0.05) is 85.5 Å². The Morgan fingerprint density at radius 2 is 1.67 bits per heavy atom. The van der Waals surface area contributed by atoms with Gasteiger partial charge in [0.05, 0.1) is 12.9 Å². The molecule has 5 nitrogen and oxygen atoms in total. The third kappa shape index (κ3) is 9.04. The molecule has 0 aliphatic heterocycles. The van der Waals surface area contributed by atoms with Crippen molar-refractivity contribution in [3.8, 4) is 5.75 Å². The van der Waals surface area contributed by atoms with Gasteiger partial charge in [0.15, 0.2) is 0 Å². The molecule has 0 radical (unpaired) electrons. The van der Waals surface area contributed by atoms with Crippen molar-refractivity contribution in [2.75, 3.05) is 12.9 Å². The van der Waals surface area contributed by atoms with Crippen molar-refractivity contribution in [3.05, 3.63) is 101 Å². The summed E-state index contributed by atoms with van der Waals surface area (Å²) in [4.78, 5) is 29.5. The van der Waals surface area contributed by atoms with Gasteiger partial charge in [0.1, 0.15) is 11.8 Å². The molecule has 206 valence electrons. The minimum absolute atomic E-state index is 0.0588. The number of ether oxygens (including phenoxy) is 1. The number of hydrogen-bond acceptors (Lipinski definition) is 4. The Kier molecular flexibility index (Phi) is 11.2. The minimum atomic E-state index is -0.621. The molecular weight excluding hydrogens is 528 g/mol. The maximum Gasteiger partial charge on any atom is 0.243 e. The fourth-order valence-corrected chi connectivity index (χ4v) is 5.98. The number of nitrogens with one attached hydrogen (secondary N) is 1. The third-order valence-electron chi connectivity index (χ3n) is 7.12. The molecule has 1 aliphatic carbocycles. The lowest BCUT2D eigenvalue weighted by Crippen LogP contribution is -2.53. The van der Waals surface area contributed by atoms with Crippen LogP contribution in [0.3, 0.4) is 0 Å².